The summed E-state index contributed by atoms with van der Waals surface area (Å²) in [6.45, 7) is 5.05. The van der Waals surface area contributed by atoms with Gasteiger partial charge in [-0.05, 0) is 61.6 Å². The molecule has 6 heteroatoms. The van der Waals surface area contributed by atoms with Crippen molar-refractivity contribution in [3.05, 3.63) is 47.5 Å². The highest BCUT2D eigenvalue weighted by Crippen LogP contribution is 2.27. The van der Waals surface area contributed by atoms with E-state index in [1.807, 2.05) is 24.5 Å². The molecule has 3 heterocycles. The lowest BCUT2D eigenvalue weighted by atomic mass is 9.86. The Labute approximate surface area is 166 Å². The van der Waals surface area contributed by atoms with Crippen LogP contribution in [0.5, 0.6) is 0 Å². The Morgan fingerprint density at radius 2 is 2.11 bits per heavy atom. The fourth-order valence-electron chi connectivity index (χ4n) is 4.10. The summed E-state index contributed by atoms with van der Waals surface area (Å²) >= 11 is 0. The van der Waals surface area contributed by atoms with Crippen molar-refractivity contribution in [3.8, 4) is 0 Å². The average Bonchev–Trinajstić information content (AvgIpc) is 2.74. The predicted molar refractivity (Wildman–Crippen MR) is 109 cm³/mol. The maximum absolute atomic E-state index is 12.6. The fraction of sp³-hybridized carbons (Fsp3) is 0.545. The monoisotopic (exact) mass is 379 g/mol. The number of hydrogen-bond acceptors (Lipinski definition) is 5. The van der Waals surface area contributed by atoms with E-state index >= 15 is 0 Å². The molecule has 1 N–H and O–H groups in total. The zero-order valence-electron chi connectivity index (χ0n) is 16.6. The zero-order chi connectivity index (χ0) is 19.3. The lowest BCUT2D eigenvalue weighted by Gasteiger charge is -2.31. The van der Waals surface area contributed by atoms with Crippen LogP contribution in [0.15, 0.2) is 30.7 Å². The summed E-state index contributed by atoms with van der Waals surface area (Å²) in [5, 5.41) is 3.08. The second-order valence-corrected chi connectivity index (χ2v) is 8.15. The summed E-state index contributed by atoms with van der Waals surface area (Å²) in [7, 11) is 0. The van der Waals surface area contributed by atoms with Crippen molar-refractivity contribution in [1.82, 2.24) is 20.3 Å². The van der Waals surface area contributed by atoms with E-state index in [0.29, 0.717) is 6.54 Å². The standard InChI is InChI=1S/C22H29N5O/c1-16-7-11-27(12-8-16)22-25-15-19-13-18(4-5-20(19)26-22)21(28)24-10-6-17-3-2-9-23-14-17/h2-3,9,14-16,18H,4-8,10-13H2,1H3,(H,24,28)/t18-/m1/s1. The van der Waals surface area contributed by atoms with Gasteiger partial charge in [-0.15, -0.1) is 0 Å². The molecule has 0 saturated carbocycles. The third-order valence-electron chi connectivity index (χ3n) is 6.01. The number of nitrogens with one attached hydrogen (secondary N) is 1. The maximum atomic E-state index is 12.6. The van der Waals surface area contributed by atoms with Gasteiger partial charge in [0.25, 0.3) is 0 Å². The summed E-state index contributed by atoms with van der Waals surface area (Å²) < 4.78 is 0. The molecule has 0 aromatic carbocycles. The Balaban J connectivity index is 1.31. The van der Waals surface area contributed by atoms with Crippen LogP contribution in [0.4, 0.5) is 5.95 Å². The van der Waals surface area contributed by atoms with Crippen LogP contribution in [0.2, 0.25) is 0 Å². The normalized spacial score (nSPS) is 19.9. The minimum Gasteiger partial charge on any atom is -0.356 e. The Morgan fingerprint density at radius 3 is 2.89 bits per heavy atom. The van der Waals surface area contributed by atoms with Crippen molar-refractivity contribution in [1.29, 1.82) is 0 Å². The Hall–Kier alpha value is -2.50. The molecule has 0 spiro atoms. The summed E-state index contributed by atoms with van der Waals surface area (Å²) in [5.41, 5.74) is 3.40. The van der Waals surface area contributed by atoms with Crippen molar-refractivity contribution >= 4 is 11.9 Å². The molecule has 1 aliphatic carbocycles. The number of anilines is 1. The van der Waals surface area contributed by atoms with Crippen LogP contribution in [-0.4, -0.2) is 40.5 Å². The number of rotatable bonds is 5. The van der Waals surface area contributed by atoms with Crippen LogP contribution in [0.3, 0.4) is 0 Å². The summed E-state index contributed by atoms with van der Waals surface area (Å²) in [6.07, 6.45) is 11.3. The average molecular weight is 380 g/mol. The van der Waals surface area contributed by atoms with Gasteiger partial charge in [-0.2, -0.15) is 0 Å². The number of amides is 1. The molecule has 6 nitrogen and oxygen atoms in total. The molecule has 0 bridgehead atoms. The number of hydrogen-bond donors (Lipinski definition) is 1. The molecular weight excluding hydrogens is 350 g/mol. The van der Waals surface area contributed by atoms with E-state index in [2.05, 4.69) is 27.1 Å². The molecule has 2 aliphatic rings. The van der Waals surface area contributed by atoms with Crippen LogP contribution in [0, 0.1) is 11.8 Å². The molecule has 1 atom stereocenters. The second-order valence-electron chi connectivity index (χ2n) is 8.15. The largest absolute Gasteiger partial charge is 0.356 e. The molecule has 1 saturated heterocycles. The topological polar surface area (TPSA) is 71.0 Å². The van der Waals surface area contributed by atoms with E-state index in [0.717, 1.165) is 67.5 Å². The fourth-order valence-corrected chi connectivity index (χ4v) is 4.10. The lowest BCUT2D eigenvalue weighted by Crippen LogP contribution is -2.36. The van der Waals surface area contributed by atoms with Crippen molar-refractivity contribution in [2.45, 2.75) is 45.4 Å². The van der Waals surface area contributed by atoms with Crippen molar-refractivity contribution in [2.75, 3.05) is 24.5 Å². The van der Waals surface area contributed by atoms with Gasteiger partial charge in [-0.1, -0.05) is 13.0 Å². The summed E-state index contributed by atoms with van der Waals surface area (Å²) in [5.74, 6) is 1.83. The number of aromatic nitrogens is 3. The quantitative estimate of drug-likeness (QED) is 0.865. The highest BCUT2D eigenvalue weighted by Gasteiger charge is 2.27. The molecule has 0 unspecified atom stereocenters. The molecule has 2 aromatic heterocycles. The minimum atomic E-state index is 0.0201. The van der Waals surface area contributed by atoms with E-state index in [9.17, 15) is 4.79 Å². The highest BCUT2D eigenvalue weighted by atomic mass is 16.1. The van der Waals surface area contributed by atoms with Gasteiger partial charge < -0.3 is 10.2 Å². The van der Waals surface area contributed by atoms with Gasteiger partial charge in [0.15, 0.2) is 0 Å². The first-order chi connectivity index (χ1) is 13.7. The lowest BCUT2D eigenvalue weighted by molar-refractivity contribution is -0.125. The van der Waals surface area contributed by atoms with Crippen LogP contribution in [0.25, 0.3) is 0 Å². The zero-order valence-corrected chi connectivity index (χ0v) is 16.6. The number of aryl methyl sites for hydroxylation is 1. The molecule has 148 valence electrons. The first-order valence-corrected chi connectivity index (χ1v) is 10.5. The smallest absolute Gasteiger partial charge is 0.225 e. The third kappa shape index (κ3) is 4.49. The molecule has 0 radical (unpaired) electrons. The van der Waals surface area contributed by atoms with Crippen molar-refractivity contribution in [2.24, 2.45) is 11.8 Å². The van der Waals surface area contributed by atoms with E-state index in [1.165, 1.54) is 12.8 Å². The molecular formula is C22H29N5O. The van der Waals surface area contributed by atoms with Gasteiger partial charge >= 0.3 is 0 Å². The van der Waals surface area contributed by atoms with Gasteiger partial charge in [0.05, 0.1) is 0 Å². The van der Waals surface area contributed by atoms with E-state index in [1.54, 1.807) is 6.20 Å². The number of piperidine rings is 1. The summed E-state index contributed by atoms with van der Waals surface area (Å²) in [4.78, 5) is 28.4. The van der Waals surface area contributed by atoms with E-state index < -0.39 is 0 Å². The molecule has 1 fully saturated rings. The number of fused-ring (bicyclic) bond motifs is 1. The molecule has 4 rings (SSSR count). The Bertz CT molecular complexity index is 802. The van der Waals surface area contributed by atoms with Crippen LogP contribution in [0.1, 0.15) is 43.0 Å². The first-order valence-electron chi connectivity index (χ1n) is 10.5. The molecule has 28 heavy (non-hydrogen) atoms. The predicted octanol–water partition coefficient (Wildman–Crippen LogP) is 2.57. The summed E-state index contributed by atoms with van der Waals surface area (Å²) in [6, 6.07) is 3.96. The van der Waals surface area contributed by atoms with Crippen LogP contribution >= 0.6 is 0 Å². The SMILES string of the molecule is CC1CCN(c2ncc3c(n2)CC[C@@H](C(=O)NCCc2cccnc2)C3)CC1. The maximum Gasteiger partial charge on any atom is 0.225 e. The third-order valence-corrected chi connectivity index (χ3v) is 6.01. The number of carbonyl (C=O) groups excluding carboxylic acids is 1. The van der Waals surface area contributed by atoms with Crippen molar-refractivity contribution in [3.63, 3.8) is 0 Å². The molecule has 1 amide bonds. The van der Waals surface area contributed by atoms with Gasteiger partial charge in [0.2, 0.25) is 11.9 Å². The van der Waals surface area contributed by atoms with Gasteiger partial charge in [0, 0.05) is 49.8 Å². The Kier molecular flexibility index (Phi) is 5.84. The van der Waals surface area contributed by atoms with Gasteiger partial charge in [-0.25, -0.2) is 9.97 Å². The molecule has 1 aliphatic heterocycles. The van der Waals surface area contributed by atoms with Crippen LogP contribution < -0.4 is 10.2 Å². The van der Waals surface area contributed by atoms with Crippen LogP contribution in [-0.2, 0) is 24.1 Å². The van der Waals surface area contributed by atoms with E-state index in [-0.39, 0.29) is 11.8 Å². The minimum absolute atomic E-state index is 0.0201. The molecule has 2 aromatic rings. The number of carbonyl (C=O) groups is 1. The Morgan fingerprint density at radius 1 is 1.25 bits per heavy atom. The van der Waals surface area contributed by atoms with Crippen molar-refractivity contribution < 1.29 is 4.79 Å². The van der Waals surface area contributed by atoms with Gasteiger partial charge in [0.1, 0.15) is 0 Å². The number of nitrogens with zero attached hydrogens (tertiary/aromatic N) is 4. The number of pyridine rings is 1. The first kappa shape index (κ1) is 18.8. The second kappa shape index (κ2) is 8.67. The highest BCUT2D eigenvalue weighted by molar-refractivity contribution is 5.79. The van der Waals surface area contributed by atoms with Gasteiger partial charge in [-0.3, -0.25) is 9.78 Å². The van der Waals surface area contributed by atoms with E-state index in [4.69, 9.17) is 4.98 Å².